The molecular weight excluding hydrogens is 198 g/mol. The largest absolute Gasteiger partial charge is 0.367 e. The van der Waals surface area contributed by atoms with Gasteiger partial charge in [-0.25, -0.2) is 4.98 Å². The molecule has 0 unspecified atom stereocenters. The Labute approximate surface area is 88.7 Å². The fraction of sp³-hybridized carbons (Fsp3) is 0.500. The lowest BCUT2D eigenvalue weighted by Crippen LogP contribution is -2.52. The van der Waals surface area contributed by atoms with Gasteiger partial charge < -0.3 is 11.1 Å². The molecule has 1 fully saturated rings. The highest BCUT2D eigenvalue weighted by Gasteiger charge is 2.32. The first-order valence-corrected chi connectivity index (χ1v) is 5.21. The van der Waals surface area contributed by atoms with E-state index in [1.54, 1.807) is 6.20 Å². The maximum Gasteiger partial charge on any atom is 0.144 e. The summed E-state index contributed by atoms with van der Waals surface area (Å²) >= 11 is 5.95. The number of pyridine rings is 1. The highest BCUT2D eigenvalue weighted by Crippen LogP contribution is 2.29. The number of aromatic nitrogens is 1. The molecule has 0 bridgehead atoms. The Morgan fingerprint density at radius 3 is 2.93 bits per heavy atom. The Kier molecular flexibility index (Phi) is 2.61. The van der Waals surface area contributed by atoms with Crippen LogP contribution in [0.2, 0.25) is 5.02 Å². The van der Waals surface area contributed by atoms with Crippen LogP contribution in [0.4, 0.5) is 5.82 Å². The van der Waals surface area contributed by atoms with Crippen LogP contribution in [0.25, 0.3) is 0 Å². The van der Waals surface area contributed by atoms with Crippen molar-refractivity contribution in [2.24, 2.45) is 5.73 Å². The van der Waals surface area contributed by atoms with Gasteiger partial charge in [-0.3, -0.25) is 0 Å². The van der Waals surface area contributed by atoms with Crippen LogP contribution in [-0.4, -0.2) is 17.1 Å². The molecule has 3 nitrogen and oxygen atoms in total. The number of hydrogen-bond donors (Lipinski definition) is 2. The summed E-state index contributed by atoms with van der Waals surface area (Å²) in [6.45, 7) is 0.754. The van der Waals surface area contributed by atoms with E-state index in [0.29, 0.717) is 5.02 Å². The normalized spacial score (nSPS) is 18.7. The van der Waals surface area contributed by atoms with Crippen LogP contribution in [0.15, 0.2) is 18.3 Å². The second-order valence-corrected chi connectivity index (χ2v) is 4.31. The van der Waals surface area contributed by atoms with E-state index in [4.69, 9.17) is 17.3 Å². The van der Waals surface area contributed by atoms with E-state index < -0.39 is 0 Å². The number of halogens is 1. The second kappa shape index (κ2) is 3.75. The third kappa shape index (κ3) is 1.99. The van der Waals surface area contributed by atoms with Gasteiger partial charge in [-0.1, -0.05) is 11.6 Å². The molecule has 2 rings (SSSR count). The predicted molar refractivity (Wildman–Crippen MR) is 58.5 cm³/mol. The van der Waals surface area contributed by atoms with Gasteiger partial charge in [-0.05, 0) is 31.4 Å². The van der Waals surface area contributed by atoms with Crippen molar-refractivity contribution in [3.63, 3.8) is 0 Å². The zero-order chi connectivity index (χ0) is 10.0. The van der Waals surface area contributed by atoms with E-state index in [1.807, 2.05) is 12.1 Å². The van der Waals surface area contributed by atoms with Gasteiger partial charge in [0.05, 0.1) is 5.02 Å². The van der Waals surface area contributed by atoms with Crippen molar-refractivity contribution in [2.45, 2.75) is 24.8 Å². The zero-order valence-corrected chi connectivity index (χ0v) is 8.72. The van der Waals surface area contributed by atoms with E-state index in [2.05, 4.69) is 10.3 Å². The number of hydrogen-bond acceptors (Lipinski definition) is 3. The molecule has 0 aliphatic heterocycles. The predicted octanol–water partition coefficient (Wildman–Crippen LogP) is 2.03. The highest BCUT2D eigenvalue weighted by atomic mass is 35.5. The minimum Gasteiger partial charge on any atom is -0.367 e. The summed E-state index contributed by atoms with van der Waals surface area (Å²) in [7, 11) is 0. The van der Waals surface area contributed by atoms with Crippen LogP contribution in [0.1, 0.15) is 19.3 Å². The zero-order valence-electron chi connectivity index (χ0n) is 7.96. The van der Waals surface area contributed by atoms with E-state index in [1.165, 1.54) is 6.42 Å². The minimum atomic E-state index is -0.0408. The molecule has 0 atom stereocenters. The fourth-order valence-electron chi connectivity index (χ4n) is 1.58. The van der Waals surface area contributed by atoms with E-state index >= 15 is 0 Å². The average Bonchev–Trinajstić information content (AvgIpc) is 2.14. The van der Waals surface area contributed by atoms with Gasteiger partial charge in [0.25, 0.3) is 0 Å². The summed E-state index contributed by atoms with van der Waals surface area (Å²) < 4.78 is 0. The molecule has 14 heavy (non-hydrogen) atoms. The molecule has 1 aliphatic rings. The number of anilines is 1. The van der Waals surface area contributed by atoms with Crippen molar-refractivity contribution >= 4 is 17.4 Å². The number of nitrogens with zero attached hydrogens (tertiary/aromatic N) is 1. The van der Waals surface area contributed by atoms with E-state index in [-0.39, 0.29) is 5.54 Å². The van der Waals surface area contributed by atoms with Crippen molar-refractivity contribution in [1.82, 2.24) is 4.98 Å². The molecule has 76 valence electrons. The molecule has 1 saturated carbocycles. The van der Waals surface area contributed by atoms with Gasteiger partial charge in [0, 0.05) is 18.3 Å². The quantitative estimate of drug-likeness (QED) is 0.805. The first-order chi connectivity index (χ1) is 6.70. The van der Waals surface area contributed by atoms with Crippen molar-refractivity contribution < 1.29 is 0 Å². The Morgan fingerprint density at radius 1 is 1.57 bits per heavy atom. The lowest BCUT2D eigenvalue weighted by atomic mass is 9.78. The molecule has 4 heteroatoms. The molecule has 1 aromatic rings. The average molecular weight is 212 g/mol. The molecule has 0 aromatic carbocycles. The monoisotopic (exact) mass is 211 g/mol. The van der Waals surface area contributed by atoms with Crippen LogP contribution in [0, 0.1) is 0 Å². The summed E-state index contributed by atoms with van der Waals surface area (Å²) in [5.74, 6) is 0.728. The summed E-state index contributed by atoms with van der Waals surface area (Å²) in [5.41, 5.74) is 6.03. The Hall–Kier alpha value is -0.800. The van der Waals surface area contributed by atoms with E-state index in [9.17, 15) is 0 Å². The first-order valence-electron chi connectivity index (χ1n) is 4.83. The number of rotatable bonds is 3. The molecule has 0 amide bonds. The maximum atomic E-state index is 6.07. The molecule has 1 aromatic heterocycles. The SMILES string of the molecule is NC1(CNc2ncccc2Cl)CCC1. The van der Waals surface area contributed by atoms with Gasteiger partial charge >= 0.3 is 0 Å². The number of nitrogens with one attached hydrogen (secondary N) is 1. The summed E-state index contributed by atoms with van der Waals surface area (Å²) in [6, 6.07) is 3.63. The minimum absolute atomic E-state index is 0.0408. The van der Waals surface area contributed by atoms with Crippen molar-refractivity contribution in [2.75, 3.05) is 11.9 Å². The van der Waals surface area contributed by atoms with Crippen LogP contribution in [-0.2, 0) is 0 Å². The molecule has 3 N–H and O–H groups in total. The van der Waals surface area contributed by atoms with Gasteiger partial charge in [-0.15, -0.1) is 0 Å². The van der Waals surface area contributed by atoms with Gasteiger partial charge in [-0.2, -0.15) is 0 Å². The van der Waals surface area contributed by atoms with Gasteiger partial charge in [0.1, 0.15) is 5.82 Å². The standard InChI is InChI=1S/C10H14ClN3/c11-8-3-1-6-13-9(8)14-7-10(12)4-2-5-10/h1,3,6H,2,4-5,7,12H2,(H,13,14). The lowest BCUT2D eigenvalue weighted by molar-refractivity contribution is 0.265. The molecule has 1 heterocycles. The van der Waals surface area contributed by atoms with Crippen molar-refractivity contribution in [3.8, 4) is 0 Å². The Bertz CT molecular complexity index is 323. The third-order valence-electron chi connectivity index (χ3n) is 2.72. The van der Waals surface area contributed by atoms with Crippen molar-refractivity contribution in [1.29, 1.82) is 0 Å². The first kappa shape index (κ1) is 9.74. The smallest absolute Gasteiger partial charge is 0.144 e. The summed E-state index contributed by atoms with van der Waals surface area (Å²) in [4.78, 5) is 4.14. The fourth-order valence-corrected chi connectivity index (χ4v) is 1.77. The van der Waals surface area contributed by atoms with Crippen LogP contribution < -0.4 is 11.1 Å². The molecule has 0 saturated heterocycles. The topological polar surface area (TPSA) is 50.9 Å². The molecule has 0 spiro atoms. The Morgan fingerprint density at radius 2 is 2.36 bits per heavy atom. The summed E-state index contributed by atoms with van der Waals surface area (Å²) in [5, 5.41) is 3.84. The molecule has 0 radical (unpaired) electrons. The Balaban J connectivity index is 1.95. The van der Waals surface area contributed by atoms with Crippen LogP contribution in [0.3, 0.4) is 0 Å². The molecule has 1 aliphatic carbocycles. The van der Waals surface area contributed by atoms with Crippen LogP contribution >= 0.6 is 11.6 Å². The lowest BCUT2D eigenvalue weighted by Gasteiger charge is -2.38. The third-order valence-corrected chi connectivity index (χ3v) is 3.02. The van der Waals surface area contributed by atoms with Crippen molar-refractivity contribution in [3.05, 3.63) is 23.4 Å². The maximum absolute atomic E-state index is 6.07. The van der Waals surface area contributed by atoms with E-state index in [0.717, 1.165) is 25.2 Å². The highest BCUT2D eigenvalue weighted by molar-refractivity contribution is 6.32. The van der Waals surface area contributed by atoms with Crippen LogP contribution in [0.5, 0.6) is 0 Å². The molecular formula is C10H14ClN3. The van der Waals surface area contributed by atoms with Gasteiger partial charge in [0.2, 0.25) is 0 Å². The second-order valence-electron chi connectivity index (χ2n) is 3.90. The summed E-state index contributed by atoms with van der Waals surface area (Å²) in [6.07, 6.45) is 5.13. The van der Waals surface area contributed by atoms with Gasteiger partial charge in [0.15, 0.2) is 0 Å². The number of nitrogens with two attached hydrogens (primary N) is 1.